The quantitative estimate of drug-likeness (QED) is 0.805. The summed E-state index contributed by atoms with van der Waals surface area (Å²) in [5, 5.41) is 1.24. The van der Waals surface area contributed by atoms with Crippen molar-refractivity contribution < 1.29 is 0 Å². The Morgan fingerprint density at radius 3 is 2.62 bits per heavy atom. The van der Waals surface area contributed by atoms with Crippen LogP contribution in [0.1, 0.15) is 30.7 Å². The monoisotopic (exact) mass is 198 g/mol. The van der Waals surface area contributed by atoms with Crippen LogP contribution in [-0.2, 0) is 12.8 Å². The third kappa shape index (κ3) is 3.87. The fraction of sp³-hybridized carbons (Fsp3) is 0.700. The summed E-state index contributed by atoms with van der Waals surface area (Å²) in [6.07, 6.45) is 4.01. The Kier molecular flexibility index (Phi) is 3.88. The first-order valence-electron chi connectivity index (χ1n) is 4.77. The lowest BCUT2D eigenvalue weighted by Crippen LogP contribution is -2.16. The summed E-state index contributed by atoms with van der Waals surface area (Å²) in [6, 6.07) is 0.243. The van der Waals surface area contributed by atoms with Gasteiger partial charge in [0, 0.05) is 23.5 Å². The Morgan fingerprint density at radius 2 is 2.08 bits per heavy atom. The Labute approximate surface area is 84.2 Å². The Morgan fingerprint density at radius 1 is 1.38 bits per heavy atom. The summed E-state index contributed by atoms with van der Waals surface area (Å²) < 4.78 is 0. The molecule has 1 heterocycles. The average molecular weight is 198 g/mol. The highest BCUT2D eigenvalue weighted by Gasteiger charge is 2.05. The van der Waals surface area contributed by atoms with E-state index in [9.17, 15) is 0 Å². The number of nitrogens with two attached hydrogens (primary N) is 1. The van der Waals surface area contributed by atoms with Crippen molar-refractivity contribution in [1.82, 2.24) is 4.98 Å². The third-order valence-corrected chi connectivity index (χ3v) is 2.75. The van der Waals surface area contributed by atoms with Gasteiger partial charge in [-0.25, -0.2) is 4.98 Å². The lowest BCUT2D eigenvalue weighted by molar-refractivity contribution is 0.644. The summed E-state index contributed by atoms with van der Waals surface area (Å²) >= 11 is 1.80. The van der Waals surface area contributed by atoms with Crippen LogP contribution in [0.4, 0.5) is 0 Å². The molecule has 0 aliphatic carbocycles. The van der Waals surface area contributed by atoms with Gasteiger partial charge in [-0.3, -0.25) is 0 Å². The second-order valence-electron chi connectivity index (χ2n) is 4.00. The largest absolute Gasteiger partial charge is 0.328 e. The van der Waals surface area contributed by atoms with Gasteiger partial charge in [0.1, 0.15) is 0 Å². The Hall–Kier alpha value is -0.410. The molecule has 0 saturated heterocycles. The van der Waals surface area contributed by atoms with Gasteiger partial charge in [-0.1, -0.05) is 13.8 Å². The van der Waals surface area contributed by atoms with Gasteiger partial charge in [-0.05, 0) is 19.3 Å². The molecular weight excluding hydrogens is 180 g/mol. The fourth-order valence-electron chi connectivity index (χ4n) is 1.20. The molecule has 1 aromatic heterocycles. The molecule has 0 aromatic carbocycles. The van der Waals surface area contributed by atoms with E-state index in [1.54, 1.807) is 11.3 Å². The molecular formula is C10H18N2S. The molecule has 0 amide bonds. The van der Waals surface area contributed by atoms with Gasteiger partial charge in [0.25, 0.3) is 0 Å². The molecule has 3 heteroatoms. The van der Waals surface area contributed by atoms with Crippen molar-refractivity contribution in [2.24, 2.45) is 11.7 Å². The van der Waals surface area contributed by atoms with Crippen LogP contribution < -0.4 is 5.73 Å². The second kappa shape index (κ2) is 4.72. The predicted octanol–water partition coefficient (Wildman–Crippen LogP) is 2.23. The number of nitrogens with zero attached hydrogens (tertiary/aromatic N) is 1. The second-order valence-corrected chi connectivity index (χ2v) is 5.20. The van der Waals surface area contributed by atoms with Crippen LogP contribution in [0, 0.1) is 5.92 Å². The van der Waals surface area contributed by atoms with E-state index in [0.717, 1.165) is 12.8 Å². The van der Waals surface area contributed by atoms with Crippen LogP contribution in [0.15, 0.2) is 6.20 Å². The minimum atomic E-state index is 0.243. The molecule has 0 saturated carbocycles. The minimum Gasteiger partial charge on any atom is -0.328 e. The van der Waals surface area contributed by atoms with Crippen molar-refractivity contribution in [2.45, 2.75) is 39.7 Å². The van der Waals surface area contributed by atoms with Crippen LogP contribution in [0.2, 0.25) is 0 Å². The van der Waals surface area contributed by atoms with E-state index < -0.39 is 0 Å². The summed E-state index contributed by atoms with van der Waals surface area (Å²) in [5.74, 6) is 0.689. The SMILES string of the molecule is CC(C)Cc1ncc(CC(C)N)s1. The summed E-state index contributed by atoms with van der Waals surface area (Å²) in [4.78, 5) is 5.68. The molecule has 0 fully saturated rings. The lowest BCUT2D eigenvalue weighted by Gasteiger charge is -2.00. The predicted molar refractivity (Wildman–Crippen MR) is 58.0 cm³/mol. The maximum absolute atomic E-state index is 5.71. The normalized spacial score (nSPS) is 13.6. The van der Waals surface area contributed by atoms with Gasteiger partial charge in [0.2, 0.25) is 0 Å². The Balaban J connectivity index is 2.53. The molecule has 0 bridgehead atoms. The number of hydrogen-bond donors (Lipinski definition) is 1. The molecule has 0 aliphatic rings. The average Bonchev–Trinajstić information content (AvgIpc) is 2.33. The molecule has 1 rings (SSSR count). The molecule has 1 atom stereocenters. The van der Waals surface area contributed by atoms with E-state index in [1.807, 2.05) is 13.1 Å². The van der Waals surface area contributed by atoms with Crippen molar-refractivity contribution >= 4 is 11.3 Å². The van der Waals surface area contributed by atoms with Crippen LogP contribution in [0.25, 0.3) is 0 Å². The van der Waals surface area contributed by atoms with Crippen molar-refractivity contribution in [1.29, 1.82) is 0 Å². The number of hydrogen-bond acceptors (Lipinski definition) is 3. The molecule has 0 aliphatic heterocycles. The molecule has 74 valence electrons. The molecule has 2 nitrogen and oxygen atoms in total. The first-order chi connectivity index (χ1) is 6.08. The number of thiazole rings is 1. The topological polar surface area (TPSA) is 38.9 Å². The number of aromatic nitrogens is 1. The standard InChI is InChI=1S/C10H18N2S/c1-7(2)4-10-12-6-9(13-10)5-8(3)11/h6-8H,4-5,11H2,1-3H3. The van der Waals surface area contributed by atoms with Crippen molar-refractivity contribution in [3.63, 3.8) is 0 Å². The van der Waals surface area contributed by atoms with E-state index >= 15 is 0 Å². The summed E-state index contributed by atoms with van der Waals surface area (Å²) in [5.41, 5.74) is 5.71. The highest BCUT2D eigenvalue weighted by Crippen LogP contribution is 2.17. The van der Waals surface area contributed by atoms with E-state index in [4.69, 9.17) is 5.73 Å². The van der Waals surface area contributed by atoms with Crippen LogP contribution in [0.3, 0.4) is 0 Å². The first-order valence-corrected chi connectivity index (χ1v) is 5.58. The molecule has 1 aromatic rings. The van der Waals surface area contributed by atoms with E-state index in [2.05, 4.69) is 18.8 Å². The van der Waals surface area contributed by atoms with Crippen molar-refractivity contribution in [3.8, 4) is 0 Å². The van der Waals surface area contributed by atoms with E-state index in [-0.39, 0.29) is 6.04 Å². The summed E-state index contributed by atoms with van der Waals surface area (Å²) in [7, 11) is 0. The zero-order chi connectivity index (χ0) is 9.84. The zero-order valence-corrected chi connectivity index (χ0v) is 9.40. The maximum Gasteiger partial charge on any atom is 0.0930 e. The van der Waals surface area contributed by atoms with E-state index in [1.165, 1.54) is 9.88 Å². The van der Waals surface area contributed by atoms with Crippen LogP contribution >= 0.6 is 11.3 Å². The van der Waals surface area contributed by atoms with E-state index in [0.29, 0.717) is 5.92 Å². The van der Waals surface area contributed by atoms with Crippen LogP contribution in [0.5, 0.6) is 0 Å². The van der Waals surface area contributed by atoms with Gasteiger partial charge in [-0.15, -0.1) is 11.3 Å². The molecule has 1 unspecified atom stereocenters. The highest BCUT2D eigenvalue weighted by atomic mass is 32.1. The molecule has 0 radical (unpaired) electrons. The summed E-state index contributed by atoms with van der Waals surface area (Å²) in [6.45, 7) is 6.46. The highest BCUT2D eigenvalue weighted by molar-refractivity contribution is 7.11. The first kappa shape index (κ1) is 10.7. The Bertz CT molecular complexity index is 229. The lowest BCUT2D eigenvalue weighted by atomic mass is 10.1. The van der Waals surface area contributed by atoms with Crippen molar-refractivity contribution in [2.75, 3.05) is 0 Å². The minimum absolute atomic E-state index is 0.243. The number of rotatable bonds is 4. The van der Waals surface area contributed by atoms with Gasteiger partial charge in [-0.2, -0.15) is 0 Å². The zero-order valence-electron chi connectivity index (χ0n) is 8.58. The fourth-order valence-corrected chi connectivity index (χ4v) is 2.48. The van der Waals surface area contributed by atoms with Crippen molar-refractivity contribution in [3.05, 3.63) is 16.1 Å². The van der Waals surface area contributed by atoms with Gasteiger partial charge in [0.05, 0.1) is 5.01 Å². The van der Waals surface area contributed by atoms with Gasteiger partial charge in [0.15, 0.2) is 0 Å². The smallest absolute Gasteiger partial charge is 0.0930 e. The third-order valence-electron chi connectivity index (χ3n) is 1.71. The van der Waals surface area contributed by atoms with Gasteiger partial charge < -0.3 is 5.73 Å². The van der Waals surface area contributed by atoms with Crippen LogP contribution in [-0.4, -0.2) is 11.0 Å². The maximum atomic E-state index is 5.71. The molecule has 13 heavy (non-hydrogen) atoms. The van der Waals surface area contributed by atoms with Gasteiger partial charge >= 0.3 is 0 Å². The molecule has 0 spiro atoms. The molecule has 2 N–H and O–H groups in total.